The molecule has 0 spiro atoms. The van der Waals surface area contributed by atoms with Crippen LogP contribution < -0.4 is 15.6 Å². The van der Waals surface area contributed by atoms with Crippen LogP contribution >= 0.6 is 0 Å². The van der Waals surface area contributed by atoms with Gasteiger partial charge in [-0.1, -0.05) is 32.6 Å². The zero-order valence-electron chi connectivity index (χ0n) is 18.5. The van der Waals surface area contributed by atoms with Crippen LogP contribution in [0.3, 0.4) is 0 Å². The largest absolute Gasteiger partial charge is 0.494 e. The number of amides is 3. The molecule has 2 N–H and O–H groups in total. The van der Waals surface area contributed by atoms with Crippen molar-refractivity contribution in [2.45, 2.75) is 52.0 Å². The van der Waals surface area contributed by atoms with Gasteiger partial charge in [0, 0.05) is 18.5 Å². The molecule has 3 rings (SSSR count). The number of hydrogen-bond donors (Lipinski definition) is 2. The lowest BCUT2D eigenvalue weighted by Crippen LogP contribution is -2.45. The number of ether oxygens (including phenoxy) is 1. The van der Waals surface area contributed by atoms with Gasteiger partial charge >= 0.3 is 0 Å². The summed E-state index contributed by atoms with van der Waals surface area (Å²) in [5.74, 6) is -0.0866. The standard InChI is InChI=1S/C24H31N3O5/c1-2-3-4-5-6-13-31-20-11-9-18(10-12-20)23(29)25-26-24(30)19-15-22(28)27(16-19)17-21-8-7-14-32-21/h7-12,14,19H,2-6,13,15-17H2,1H3,(H,25,29)(H,26,30). The van der Waals surface area contributed by atoms with Crippen molar-refractivity contribution in [3.8, 4) is 5.75 Å². The topological polar surface area (TPSA) is 101 Å². The average Bonchev–Trinajstić information content (AvgIpc) is 3.45. The summed E-state index contributed by atoms with van der Waals surface area (Å²) in [7, 11) is 0. The Balaban J connectivity index is 1.38. The van der Waals surface area contributed by atoms with Gasteiger partial charge < -0.3 is 14.1 Å². The highest BCUT2D eigenvalue weighted by atomic mass is 16.5. The minimum atomic E-state index is -0.522. The van der Waals surface area contributed by atoms with E-state index in [0.717, 1.165) is 12.8 Å². The Kier molecular flexibility index (Phi) is 8.71. The monoisotopic (exact) mass is 441 g/mol. The number of likely N-dealkylation sites (tertiary alicyclic amines) is 1. The number of benzene rings is 1. The van der Waals surface area contributed by atoms with Crippen molar-refractivity contribution >= 4 is 17.7 Å². The molecule has 32 heavy (non-hydrogen) atoms. The Morgan fingerprint density at radius 2 is 1.88 bits per heavy atom. The molecule has 0 bridgehead atoms. The molecule has 1 aliphatic rings. The molecule has 2 heterocycles. The van der Waals surface area contributed by atoms with Gasteiger partial charge in [0.05, 0.1) is 25.3 Å². The third kappa shape index (κ3) is 6.87. The Morgan fingerprint density at radius 3 is 2.59 bits per heavy atom. The van der Waals surface area contributed by atoms with Crippen molar-refractivity contribution in [1.29, 1.82) is 0 Å². The van der Waals surface area contributed by atoms with Crippen LogP contribution in [-0.4, -0.2) is 35.8 Å². The van der Waals surface area contributed by atoms with Gasteiger partial charge in [-0.05, 0) is 42.8 Å². The number of rotatable bonds is 11. The number of nitrogens with zero attached hydrogens (tertiary/aromatic N) is 1. The lowest BCUT2D eigenvalue weighted by molar-refractivity contribution is -0.129. The molecular formula is C24H31N3O5. The number of hydrazine groups is 1. The number of nitrogens with one attached hydrogen (secondary N) is 2. The highest BCUT2D eigenvalue weighted by Gasteiger charge is 2.34. The molecule has 1 fully saturated rings. The summed E-state index contributed by atoms with van der Waals surface area (Å²) in [4.78, 5) is 38.4. The fourth-order valence-corrected chi connectivity index (χ4v) is 3.58. The normalized spacial score (nSPS) is 15.6. The van der Waals surface area contributed by atoms with Crippen molar-refractivity contribution in [1.82, 2.24) is 15.8 Å². The first-order chi connectivity index (χ1) is 15.6. The molecule has 1 saturated heterocycles. The number of furan rings is 1. The molecule has 1 aliphatic heterocycles. The van der Waals surface area contributed by atoms with E-state index in [-0.39, 0.29) is 18.9 Å². The van der Waals surface area contributed by atoms with Gasteiger partial charge in [0.15, 0.2) is 0 Å². The molecule has 1 aromatic heterocycles. The number of unbranched alkanes of at least 4 members (excludes halogenated alkanes) is 4. The van der Waals surface area contributed by atoms with Crippen LogP contribution in [0, 0.1) is 5.92 Å². The second-order valence-electron chi connectivity index (χ2n) is 7.99. The first-order valence-electron chi connectivity index (χ1n) is 11.2. The van der Waals surface area contributed by atoms with Crippen LogP contribution in [0.5, 0.6) is 5.75 Å². The third-order valence-electron chi connectivity index (χ3n) is 5.44. The molecule has 8 nitrogen and oxygen atoms in total. The number of hydrogen-bond acceptors (Lipinski definition) is 5. The fourth-order valence-electron chi connectivity index (χ4n) is 3.58. The van der Waals surface area contributed by atoms with Crippen molar-refractivity contribution in [2.24, 2.45) is 5.92 Å². The Morgan fingerprint density at radius 1 is 1.09 bits per heavy atom. The molecule has 0 aliphatic carbocycles. The maximum atomic E-state index is 12.4. The van der Waals surface area contributed by atoms with E-state index in [1.165, 1.54) is 19.3 Å². The van der Waals surface area contributed by atoms with Gasteiger partial charge in [-0.3, -0.25) is 25.2 Å². The van der Waals surface area contributed by atoms with Crippen LogP contribution in [0.1, 0.15) is 61.6 Å². The summed E-state index contributed by atoms with van der Waals surface area (Å²) in [5, 5.41) is 0. The van der Waals surface area contributed by atoms with Crippen LogP contribution in [0.15, 0.2) is 47.1 Å². The number of carbonyl (C=O) groups excluding carboxylic acids is 3. The van der Waals surface area contributed by atoms with Gasteiger partial charge in [0.25, 0.3) is 5.91 Å². The van der Waals surface area contributed by atoms with Gasteiger partial charge in [-0.15, -0.1) is 0 Å². The quantitative estimate of drug-likeness (QED) is 0.411. The fraction of sp³-hybridized carbons (Fsp3) is 0.458. The Bertz CT molecular complexity index is 880. The van der Waals surface area contributed by atoms with E-state index in [9.17, 15) is 14.4 Å². The lowest BCUT2D eigenvalue weighted by Gasteiger charge is -2.15. The van der Waals surface area contributed by atoms with E-state index in [2.05, 4.69) is 17.8 Å². The molecule has 0 radical (unpaired) electrons. The Labute approximate surface area is 188 Å². The third-order valence-corrected chi connectivity index (χ3v) is 5.44. The van der Waals surface area contributed by atoms with E-state index in [1.54, 1.807) is 47.6 Å². The minimum Gasteiger partial charge on any atom is -0.494 e. The summed E-state index contributed by atoms with van der Waals surface area (Å²) < 4.78 is 11.0. The molecule has 8 heteroatoms. The smallest absolute Gasteiger partial charge is 0.269 e. The predicted octanol–water partition coefficient (Wildman–Crippen LogP) is 3.44. The second-order valence-corrected chi connectivity index (χ2v) is 7.99. The average molecular weight is 442 g/mol. The van der Waals surface area contributed by atoms with Crippen LogP contribution in [0.4, 0.5) is 0 Å². The Hall–Kier alpha value is -3.29. The molecule has 0 saturated carbocycles. The van der Waals surface area contributed by atoms with E-state index < -0.39 is 17.7 Å². The maximum absolute atomic E-state index is 12.4. The molecule has 1 aromatic carbocycles. The van der Waals surface area contributed by atoms with Crippen LogP contribution in [0.2, 0.25) is 0 Å². The van der Waals surface area contributed by atoms with Crippen LogP contribution in [-0.2, 0) is 16.1 Å². The molecule has 172 valence electrons. The molecule has 3 amide bonds. The zero-order chi connectivity index (χ0) is 22.8. The summed E-state index contributed by atoms with van der Waals surface area (Å²) in [6.45, 7) is 3.45. The first kappa shape index (κ1) is 23.4. The molecule has 1 unspecified atom stereocenters. The van der Waals surface area contributed by atoms with Crippen molar-refractivity contribution in [2.75, 3.05) is 13.2 Å². The SMILES string of the molecule is CCCCCCCOc1ccc(C(=O)NNC(=O)C2CC(=O)N(Cc3ccco3)C2)cc1. The summed E-state index contributed by atoms with van der Waals surface area (Å²) >= 11 is 0. The summed E-state index contributed by atoms with van der Waals surface area (Å²) in [6.07, 6.45) is 7.50. The predicted molar refractivity (Wildman–Crippen MR) is 119 cm³/mol. The van der Waals surface area contributed by atoms with Gasteiger partial charge in [0.1, 0.15) is 11.5 Å². The summed E-state index contributed by atoms with van der Waals surface area (Å²) in [6, 6.07) is 10.3. The van der Waals surface area contributed by atoms with E-state index in [0.29, 0.717) is 30.2 Å². The second kappa shape index (κ2) is 11.9. The van der Waals surface area contributed by atoms with Gasteiger partial charge in [-0.25, -0.2) is 0 Å². The minimum absolute atomic E-state index is 0.104. The highest BCUT2D eigenvalue weighted by molar-refractivity contribution is 5.96. The van der Waals surface area contributed by atoms with Crippen molar-refractivity contribution in [3.05, 3.63) is 54.0 Å². The summed E-state index contributed by atoms with van der Waals surface area (Å²) in [5.41, 5.74) is 5.24. The molecule has 2 aromatic rings. The van der Waals surface area contributed by atoms with Crippen molar-refractivity contribution in [3.63, 3.8) is 0 Å². The van der Waals surface area contributed by atoms with Gasteiger partial charge in [0.2, 0.25) is 11.8 Å². The highest BCUT2D eigenvalue weighted by Crippen LogP contribution is 2.20. The molecule has 1 atom stereocenters. The van der Waals surface area contributed by atoms with Crippen molar-refractivity contribution < 1.29 is 23.5 Å². The molecular weight excluding hydrogens is 410 g/mol. The first-order valence-corrected chi connectivity index (χ1v) is 11.2. The van der Waals surface area contributed by atoms with E-state index >= 15 is 0 Å². The van der Waals surface area contributed by atoms with E-state index in [4.69, 9.17) is 9.15 Å². The van der Waals surface area contributed by atoms with Gasteiger partial charge in [-0.2, -0.15) is 0 Å². The van der Waals surface area contributed by atoms with Crippen LogP contribution in [0.25, 0.3) is 0 Å². The van der Waals surface area contributed by atoms with E-state index in [1.807, 2.05) is 0 Å². The number of carbonyl (C=O) groups is 3. The zero-order valence-corrected chi connectivity index (χ0v) is 18.5. The maximum Gasteiger partial charge on any atom is 0.269 e. The lowest BCUT2D eigenvalue weighted by atomic mass is 10.1.